The molecule has 0 saturated carbocycles. The minimum absolute atomic E-state index is 0.237. The second kappa shape index (κ2) is 5.49. The number of nitrogens with one attached hydrogen (secondary N) is 1. The Morgan fingerprint density at radius 3 is 2.89 bits per heavy atom. The van der Waals surface area contributed by atoms with Crippen molar-refractivity contribution in [1.29, 1.82) is 0 Å². The molecule has 0 radical (unpaired) electrons. The van der Waals surface area contributed by atoms with Gasteiger partial charge >= 0.3 is 0 Å². The molecule has 2 aromatic heterocycles. The van der Waals surface area contributed by atoms with E-state index in [9.17, 15) is 4.79 Å². The molecule has 5 nitrogen and oxygen atoms in total. The van der Waals surface area contributed by atoms with Gasteiger partial charge in [0.25, 0.3) is 5.91 Å². The summed E-state index contributed by atoms with van der Waals surface area (Å²) in [5.41, 5.74) is 0.557. The molecule has 1 amide bonds. The molecule has 0 fully saturated rings. The van der Waals surface area contributed by atoms with Gasteiger partial charge in [-0.3, -0.25) is 4.79 Å². The molecule has 0 aliphatic rings. The van der Waals surface area contributed by atoms with Gasteiger partial charge in [0.05, 0.1) is 12.4 Å². The lowest BCUT2D eigenvalue weighted by Gasteiger charge is -2.06. The Kier molecular flexibility index (Phi) is 3.98. The van der Waals surface area contributed by atoms with Crippen LogP contribution in [0.1, 0.15) is 17.4 Å². The van der Waals surface area contributed by atoms with Crippen molar-refractivity contribution in [2.24, 2.45) is 0 Å². The molecule has 0 saturated heterocycles. The molecule has 0 spiro atoms. The number of carbonyl (C=O) groups excluding carboxylic acids is 1. The number of halogens is 2. The zero-order chi connectivity index (χ0) is 13.1. The summed E-state index contributed by atoms with van der Waals surface area (Å²) in [6, 6.07) is 1.75. The average molecular weight is 330 g/mol. The first kappa shape index (κ1) is 13.0. The van der Waals surface area contributed by atoms with E-state index in [0.29, 0.717) is 18.1 Å². The molecule has 2 heterocycles. The van der Waals surface area contributed by atoms with Gasteiger partial charge in [-0.2, -0.15) is 0 Å². The molecule has 0 bridgehead atoms. The minimum Gasteiger partial charge on any atom is -0.343 e. The van der Waals surface area contributed by atoms with Gasteiger partial charge in [-0.05, 0) is 28.9 Å². The molecule has 0 atom stereocenters. The van der Waals surface area contributed by atoms with Crippen LogP contribution in [0.5, 0.6) is 0 Å². The zero-order valence-electron chi connectivity index (χ0n) is 9.52. The Morgan fingerprint density at radius 2 is 2.28 bits per heavy atom. The molecule has 0 aromatic carbocycles. The van der Waals surface area contributed by atoms with Crippen molar-refractivity contribution in [1.82, 2.24) is 14.5 Å². The normalized spacial score (nSPS) is 10.4. The molecule has 2 rings (SSSR count). The lowest BCUT2D eigenvalue weighted by molar-refractivity contribution is 0.101. The van der Waals surface area contributed by atoms with E-state index in [1.165, 1.54) is 12.4 Å². The van der Waals surface area contributed by atoms with Gasteiger partial charge in [0.15, 0.2) is 5.82 Å². The van der Waals surface area contributed by atoms with Crippen molar-refractivity contribution in [2.45, 2.75) is 13.5 Å². The second-order valence-electron chi connectivity index (χ2n) is 3.51. The number of carbonyl (C=O) groups is 1. The van der Waals surface area contributed by atoms with Crippen LogP contribution in [0.4, 0.5) is 5.82 Å². The molecule has 0 unspecified atom stereocenters. The highest BCUT2D eigenvalue weighted by molar-refractivity contribution is 9.10. The van der Waals surface area contributed by atoms with Gasteiger partial charge in [0, 0.05) is 17.2 Å². The van der Waals surface area contributed by atoms with Crippen molar-refractivity contribution in [3.05, 3.63) is 40.0 Å². The highest BCUT2D eigenvalue weighted by atomic mass is 79.9. The Morgan fingerprint density at radius 1 is 1.50 bits per heavy atom. The first-order valence-corrected chi connectivity index (χ1v) is 6.42. The van der Waals surface area contributed by atoms with E-state index in [2.05, 4.69) is 31.2 Å². The third-order valence-corrected chi connectivity index (χ3v) is 2.93. The average Bonchev–Trinajstić information content (AvgIpc) is 2.73. The minimum atomic E-state index is -0.237. The maximum atomic E-state index is 12.0. The van der Waals surface area contributed by atoms with E-state index in [4.69, 9.17) is 11.6 Å². The summed E-state index contributed by atoms with van der Waals surface area (Å²) in [5.74, 6) is 0.128. The molecule has 7 heteroatoms. The number of hydrogen-bond donors (Lipinski definition) is 1. The number of aromatic nitrogens is 3. The van der Waals surface area contributed by atoms with Crippen LogP contribution in [0.25, 0.3) is 0 Å². The maximum Gasteiger partial charge on any atom is 0.273 e. The molecule has 94 valence electrons. The quantitative estimate of drug-likeness (QED) is 0.942. The Bertz CT molecular complexity index is 567. The topological polar surface area (TPSA) is 59.8 Å². The number of anilines is 1. The van der Waals surface area contributed by atoms with Gasteiger partial charge in [0.1, 0.15) is 10.8 Å². The van der Waals surface area contributed by atoms with Crippen LogP contribution < -0.4 is 5.32 Å². The van der Waals surface area contributed by atoms with Gasteiger partial charge in [-0.15, -0.1) is 0 Å². The van der Waals surface area contributed by atoms with Crippen molar-refractivity contribution in [2.75, 3.05) is 5.32 Å². The molecule has 0 aliphatic heterocycles. The van der Waals surface area contributed by atoms with Gasteiger partial charge < -0.3 is 9.88 Å². The largest absolute Gasteiger partial charge is 0.343 e. The smallest absolute Gasteiger partial charge is 0.273 e. The van der Waals surface area contributed by atoms with E-state index >= 15 is 0 Å². The summed E-state index contributed by atoms with van der Waals surface area (Å²) in [4.78, 5) is 19.8. The summed E-state index contributed by atoms with van der Waals surface area (Å²) >= 11 is 8.96. The van der Waals surface area contributed by atoms with Crippen LogP contribution in [0.2, 0.25) is 5.15 Å². The van der Waals surface area contributed by atoms with Crippen molar-refractivity contribution < 1.29 is 4.79 Å². The monoisotopic (exact) mass is 328 g/mol. The van der Waals surface area contributed by atoms with Gasteiger partial charge in [-0.1, -0.05) is 11.6 Å². The predicted octanol–water partition coefficient (Wildman–Crippen LogP) is 2.97. The Labute approximate surface area is 117 Å². The fraction of sp³-hybridized carbons (Fsp3) is 0.182. The van der Waals surface area contributed by atoms with E-state index in [-0.39, 0.29) is 11.1 Å². The SMILES string of the molecule is CCn1cc(Br)cc1C(=O)Nc1cnc(Cl)cn1. The van der Waals surface area contributed by atoms with E-state index in [1.807, 2.05) is 17.7 Å². The summed E-state index contributed by atoms with van der Waals surface area (Å²) in [6.45, 7) is 2.67. The van der Waals surface area contributed by atoms with Gasteiger partial charge in [0.2, 0.25) is 0 Å². The van der Waals surface area contributed by atoms with Crippen molar-refractivity contribution >= 4 is 39.3 Å². The van der Waals surface area contributed by atoms with E-state index < -0.39 is 0 Å². The van der Waals surface area contributed by atoms with E-state index in [1.54, 1.807) is 6.07 Å². The molecule has 2 aromatic rings. The number of rotatable bonds is 3. The standard InChI is InChI=1S/C11H10BrClN4O/c1-2-17-6-7(12)3-8(17)11(18)16-10-5-14-9(13)4-15-10/h3-6H,2H2,1H3,(H,15,16,18). The summed E-state index contributed by atoms with van der Waals surface area (Å²) in [7, 11) is 0. The maximum absolute atomic E-state index is 12.0. The van der Waals surface area contributed by atoms with Gasteiger partial charge in [-0.25, -0.2) is 9.97 Å². The fourth-order valence-electron chi connectivity index (χ4n) is 1.48. The third-order valence-electron chi connectivity index (χ3n) is 2.30. The number of amides is 1. The third kappa shape index (κ3) is 2.88. The first-order valence-electron chi connectivity index (χ1n) is 5.24. The summed E-state index contributed by atoms with van der Waals surface area (Å²) in [6.07, 6.45) is 4.64. The van der Waals surface area contributed by atoms with Crippen LogP contribution in [-0.2, 0) is 6.54 Å². The highest BCUT2D eigenvalue weighted by Gasteiger charge is 2.13. The zero-order valence-corrected chi connectivity index (χ0v) is 11.9. The summed E-state index contributed by atoms with van der Waals surface area (Å²) < 4.78 is 2.69. The number of nitrogens with zero attached hydrogens (tertiary/aromatic N) is 3. The Balaban J connectivity index is 2.19. The van der Waals surface area contributed by atoms with Crippen LogP contribution in [-0.4, -0.2) is 20.4 Å². The van der Waals surface area contributed by atoms with Crippen LogP contribution in [0.3, 0.4) is 0 Å². The van der Waals surface area contributed by atoms with E-state index in [0.717, 1.165) is 4.47 Å². The Hall–Kier alpha value is -1.40. The van der Waals surface area contributed by atoms with Crippen molar-refractivity contribution in [3.63, 3.8) is 0 Å². The first-order chi connectivity index (χ1) is 8.60. The second-order valence-corrected chi connectivity index (χ2v) is 4.81. The fourth-order valence-corrected chi connectivity index (χ4v) is 2.05. The summed E-state index contributed by atoms with van der Waals surface area (Å²) in [5, 5.41) is 2.95. The van der Waals surface area contributed by atoms with Crippen molar-refractivity contribution in [3.8, 4) is 0 Å². The highest BCUT2D eigenvalue weighted by Crippen LogP contribution is 2.16. The molecule has 0 aliphatic carbocycles. The molecular weight excluding hydrogens is 320 g/mol. The molecule has 1 N–H and O–H groups in total. The number of aryl methyl sites for hydroxylation is 1. The predicted molar refractivity (Wildman–Crippen MR) is 72.8 cm³/mol. The lowest BCUT2D eigenvalue weighted by Crippen LogP contribution is -2.17. The molecular formula is C11H10BrClN4O. The number of hydrogen-bond acceptors (Lipinski definition) is 3. The lowest BCUT2D eigenvalue weighted by atomic mass is 10.4. The molecule has 18 heavy (non-hydrogen) atoms. The van der Waals surface area contributed by atoms with Crippen LogP contribution in [0.15, 0.2) is 29.1 Å². The van der Waals surface area contributed by atoms with Crippen LogP contribution in [0, 0.1) is 0 Å². The van der Waals surface area contributed by atoms with Crippen LogP contribution >= 0.6 is 27.5 Å².